The number of carbonyl (C=O) groups excluding carboxylic acids is 3. The van der Waals surface area contributed by atoms with Crippen molar-refractivity contribution in [3.63, 3.8) is 0 Å². The van der Waals surface area contributed by atoms with Gasteiger partial charge in [0.1, 0.15) is 17.7 Å². The number of hydrogen-bond donors (Lipinski definition) is 5. The second kappa shape index (κ2) is 16.0. The summed E-state index contributed by atoms with van der Waals surface area (Å²) in [7, 11) is 2.77. The van der Waals surface area contributed by atoms with Crippen LogP contribution in [0.25, 0.3) is 33.6 Å². The monoisotopic (exact) mass is 757 g/mol. The van der Waals surface area contributed by atoms with E-state index in [-0.39, 0.29) is 29.7 Å². The predicted octanol–water partition coefficient (Wildman–Crippen LogP) is 6.22. The number of methoxy groups -OCH3 is 2. The summed E-state index contributed by atoms with van der Waals surface area (Å²) in [4.78, 5) is 61.4. The maximum atomic E-state index is 13.6. The summed E-state index contributed by atoms with van der Waals surface area (Å²) in [6, 6.07) is 19.3. The first-order chi connectivity index (χ1) is 27.3. The molecule has 5 N–H and O–H groups in total. The number of amides is 3. The Kier molecular flexibility index (Phi) is 10.5. The zero-order valence-electron chi connectivity index (χ0n) is 31.7. The zero-order chi connectivity index (χ0) is 38.8. The zero-order valence-corrected chi connectivity index (χ0v) is 31.7. The fourth-order valence-electron chi connectivity index (χ4n) is 8.90. The normalized spacial score (nSPS) is 22.4. The molecule has 3 aliphatic rings. The minimum Gasteiger partial charge on any atom is -0.453 e. The maximum absolute atomic E-state index is 13.6. The van der Waals surface area contributed by atoms with E-state index in [2.05, 4.69) is 84.6 Å². The number of imidazole rings is 2. The summed E-state index contributed by atoms with van der Waals surface area (Å²) in [6.07, 6.45) is 10.6. The minimum atomic E-state index is -0.887. The Balaban J connectivity index is 0.918. The fraction of sp³-hybridized carbons (Fsp3) is 0.381. The van der Waals surface area contributed by atoms with Gasteiger partial charge in [0, 0.05) is 25.8 Å². The van der Waals surface area contributed by atoms with Crippen molar-refractivity contribution in [2.24, 2.45) is 17.8 Å². The number of aromatic amines is 2. The van der Waals surface area contributed by atoms with Crippen LogP contribution in [0.1, 0.15) is 62.6 Å². The first kappa shape index (κ1) is 36.9. The lowest BCUT2D eigenvalue weighted by atomic mass is 9.78. The third-order valence-electron chi connectivity index (χ3n) is 11.9. The van der Waals surface area contributed by atoms with E-state index in [4.69, 9.17) is 14.5 Å². The number of carbonyl (C=O) groups is 3. The average molecular weight is 758 g/mol. The lowest BCUT2D eigenvalue weighted by Crippen LogP contribution is -2.54. The molecular formula is C42H47N9O5. The maximum Gasteiger partial charge on any atom is 0.407 e. The number of anilines is 1. The number of rotatable bonds is 12. The van der Waals surface area contributed by atoms with Gasteiger partial charge in [-0.2, -0.15) is 0 Å². The van der Waals surface area contributed by atoms with Crippen LogP contribution in [0.15, 0.2) is 85.5 Å². The van der Waals surface area contributed by atoms with Gasteiger partial charge in [-0.1, -0.05) is 48.5 Å². The van der Waals surface area contributed by atoms with E-state index in [1.54, 1.807) is 30.4 Å². The highest BCUT2D eigenvalue weighted by molar-refractivity contribution is 5.87. The molecule has 2 bridgehead atoms. The summed E-state index contributed by atoms with van der Waals surface area (Å²) in [5.41, 5.74) is 12.6. The van der Waals surface area contributed by atoms with Gasteiger partial charge in [0.15, 0.2) is 0 Å². The number of nitrogens with one attached hydrogen (secondary N) is 5. The van der Waals surface area contributed by atoms with Crippen LogP contribution in [0.5, 0.6) is 0 Å². The van der Waals surface area contributed by atoms with Gasteiger partial charge in [-0.05, 0) is 85.3 Å². The van der Waals surface area contributed by atoms with Gasteiger partial charge < -0.3 is 29.7 Å². The molecule has 1 aliphatic heterocycles. The van der Waals surface area contributed by atoms with Crippen LogP contribution in [0.4, 0.5) is 10.5 Å². The second-order valence-corrected chi connectivity index (χ2v) is 15.0. The van der Waals surface area contributed by atoms with Crippen LogP contribution >= 0.6 is 0 Å². The molecule has 5 aromatic rings. The third-order valence-corrected chi connectivity index (χ3v) is 11.9. The van der Waals surface area contributed by atoms with Crippen molar-refractivity contribution in [2.45, 2.75) is 63.1 Å². The van der Waals surface area contributed by atoms with E-state index in [1.807, 2.05) is 18.3 Å². The first-order valence-electron chi connectivity index (χ1n) is 19.3. The van der Waals surface area contributed by atoms with Crippen LogP contribution in [0.3, 0.4) is 0 Å². The Bertz CT molecular complexity index is 2150. The minimum absolute atomic E-state index is 0.00256. The predicted molar refractivity (Wildman–Crippen MR) is 210 cm³/mol. The molecule has 0 radical (unpaired) electrons. The standard InChI is InChI=1S/C42H47N9O5/c1-24(55-2)37(48-42(54)56-3)41(53)51-19-5-7-34(51)38-44-22-32(46-38)27-12-8-25(9-13-27)26-10-14-28(15-11-26)33-23-45-39(47-33)35-29-16-17-30(20-29)36(35)40(52)50-49-31-6-4-18-43-21-31/h4,6,8-15,18,21-24,29-30,34-37,49H,5,7,16-17,19-20H2,1-3H3,(H,44,46)(H,45,47)(H,48,54)(H,50,52)/t24-,29?,30?,34+,35?,36?,37+/m1/s1. The van der Waals surface area contributed by atoms with Gasteiger partial charge in [-0.25, -0.2) is 14.8 Å². The molecule has 4 heterocycles. The van der Waals surface area contributed by atoms with Crippen LogP contribution in [0.2, 0.25) is 0 Å². The SMILES string of the molecule is COC(=O)N[C@H](C(=O)N1CCC[C@H]1c1ncc(-c2ccc(-c3ccc(-c4cnc(C5C6CCC(C6)C5C(=O)NNc5cccnc5)[nH]4)cc3)cc2)[nH]1)[C@@H](C)OC. The van der Waals surface area contributed by atoms with E-state index in [1.165, 1.54) is 14.2 Å². The van der Waals surface area contributed by atoms with E-state index < -0.39 is 18.2 Å². The van der Waals surface area contributed by atoms with Crippen LogP contribution in [0, 0.1) is 17.8 Å². The molecule has 56 heavy (non-hydrogen) atoms. The van der Waals surface area contributed by atoms with Crippen LogP contribution in [-0.2, 0) is 19.1 Å². The van der Waals surface area contributed by atoms with Crippen molar-refractivity contribution in [1.29, 1.82) is 0 Å². The number of hydrogen-bond acceptors (Lipinski definition) is 9. The number of nitrogens with zero attached hydrogens (tertiary/aromatic N) is 4. The highest BCUT2D eigenvalue weighted by Gasteiger charge is 2.52. The molecule has 3 aromatic heterocycles. The van der Waals surface area contributed by atoms with Gasteiger partial charge in [0.05, 0.1) is 60.8 Å². The molecule has 3 amide bonds. The molecule has 14 nitrogen and oxygen atoms in total. The number of aromatic nitrogens is 5. The van der Waals surface area contributed by atoms with Crippen LogP contribution < -0.4 is 16.2 Å². The Morgan fingerprint density at radius 2 is 1.46 bits per heavy atom. The highest BCUT2D eigenvalue weighted by Crippen LogP contribution is 2.56. The Labute approximate surface area is 325 Å². The fourth-order valence-corrected chi connectivity index (χ4v) is 8.90. The number of fused-ring (bicyclic) bond motifs is 2. The number of pyridine rings is 1. The van der Waals surface area contributed by atoms with Crippen LogP contribution in [-0.4, -0.2) is 80.6 Å². The molecule has 8 rings (SSSR count). The van der Waals surface area contributed by atoms with Gasteiger partial charge in [0.25, 0.3) is 0 Å². The van der Waals surface area contributed by atoms with Crippen molar-refractivity contribution in [3.8, 4) is 33.6 Å². The van der Waals surface area contributed by atoms with E-state index in [0.717, 1.165) is 77.3 Å². The van der Waals surface area contributed by atoms with Gasteiger partial charge in [-0.3, -0.25) is 25.4 Å². The smallest absolute Gasteiger partial charge is 0.407 e. The molecule has 2 aliphatic carbocycles. The summed E-state index contributed by atoms with van der Waals surface area (Å²) >= 11 is 0. The van der Waals surface area contributed by atoms with E-state index >= 15 is 0 Å². The lowest BCUT2D eigenvalue weighted by Gasteiger charge is -2.30. The summed E-state index contributed by atoms with van der Waals surface area (Å²) < 4.78 is 10.2. The van der Waals surface area contributed by atoms with Crippen molar-refractivity contribution in [1.82, 2.24) is 40.6 Å². The Hall–Kier alpha value is -6.02. The number of likely N-dealkylation sites (tertiary alicyclic amines) is 1. The number of alkyl carbamates (subject to hydrolysis) is 1. The number of H-pyrrole nitrogens is 2. The Morgan fingerprint density at radius 1 is 0.821 bits per heavy atom. The van der Waals surface area contributed by atoms with Gasteiger partial charge in [0.2, 0.25) is 11.8 Å². The van der Waals surface area contributed by atoms with Crippen molar-refractivity contribution in [3.05, 3.63) is 97.1 Å². The van der Waals surface area contributed by atoms with E-state index in [0.29, 0.717) is 24.2 Å². The topological polar surface area (TPSA) is 179 Å². The quantitative estimate of drug-likeness (QED) is 0.0924. The molecule has 1 saturated heterocycles. The highest BCUT2D eigenvalue weighted by atomic mass is 16.5. The number of ether oxygens (including phenoxy) is 2. The molecule has 2 aromatic carbocycles. The lowest BCUT2D eigenvalue weighted by molar-refractivity contribution is -0.137. The Morgan fingerprint density at radius 3 is 2.11 bits per heavy atom. The summed E-state index contributed by atoms with van der Waals surface area (Å²) in [5.74, 6) is 2.04. The van der Waals surface area contributed by atoms with Crippen molar-refractivity contribution in [2.75, 3.05) is 26.2 Å². The van der Waals surface area contributed by atoms with E-state index in [9.17, 15) is 14.4 Å². The average Bonchev–Trinajstić information content (AvgIpc) is 4.10. The molecule has 3 fully saturated rings. The molecule has 7 atom stereocenters. The first-order valence-corrected chi connectivity index (χ1v) is 19.3. The second-order valence-electron chi connectivity index (χ2n) is 15.0. The van der Waals surface area contributed by atoms with Gasteiger partial charge >= 0.3 is 6.09 Å². The molecule has 0 spiro atoms. The molecule has 2 saturated carbocycles. The van der Waals surface area contributed by atoms with Gasteiger partial charge in [-0.15, -0.1) is 0 Å². The molecule has 14 heteroatoms. The molecule has 4 unspecified atom stereocenters. The number of benzene rings is 2. The third kappa shape index (κ3) is 7.36. The molecule has 290 valence electrons. The number of hydrazine groups is 1. The largest absolute Gasteiger partial charge is 0.453 e. The van der Waals surface area contributed by atoms with Crippen molar-refractivity contribution >= 4 is 23.6 Å². The summed E-state index contributed by atoms with van der Waals surface area (Å²) in [5, 5.41) is 2.63. The molecular weight excluding hydrogens is 711 g/mol. The summed E-state index contributed by atoms with van der Waals surface area (Å²) in [6.45, 7) is 2.29. The van der Waals surface area contributed by atoms with Crippen molar-refractivity contribution < 1.29 is 23.9 Å².